The normalized spacial score (nSPS) is 11.5. The van der Waals surface area contributed by atoms with Crippen LogP contribution in [-0.2, 0) is 10.2 Å². The fraction of sp³-hybridized carbons (Fsp3) is 0.241. The number of nitrogens with zero attached hydrogens (tertiary/aromatic N) is 1. The Hall–Kier alpha value is -4.46. The van der Waals surface area contributed by atoms with E-state index < -0.39 is 12.0 Å². The summed E-state index contributed by atoms with van der Waals surface area (Å²) in [5.41, 5.74) is 10.0. The molecule has 0 heterocycles. The standard InChI is InChI=1S/C29H32N4O4/c1-6-37-28(36)33-25(30)20-8-7-9-21(17-20)27(35)31-23-15-10-18(2)16-24(23)32-26(34)19-11-13-22(14-12-19)29(3,4)5/h7-17H,6H2,1-5H3,(H,31,35)(H,32,34)(H2,30,33,36). The molecule has 0 bridgehead atoms. The Morgan fingerprint density at radius 2 is 1.46 bits per heavy atom. The van der Waals surface area contributed by atoms with Crippen molar-refractivity contribution in [3.05, 3.63) is 94.5 Å². The van der Waals surface area contributed by atoms with Crippen LogP contribution >= 0.6 is 0 Å². The number of hydrogen-bond acceptors (Lipinski definition) is 4. The van der Waals surface area contributed by atoms with E-state index in [-0.39, 0.29) is 23.8 Å². The van der Waals surface area contributed by atoms with E-state index in [2.05, 4.69) is 36.4 Å². The van der Waals surface area contributed by atoms with E-state index in [0.717, 1.165) is 11.1 Å². The van der Waals surface area contributed by atoms with Crippen LogP contribution in [0.3, 0.4) is 0 Å². The molecule has 0 aromatic heterocycles. The number of carbonyl (C=O) groups is 3. The fourth-order valence-corrected chi connectivity index (χ4v) is 3.52. The van der Waals surface area contributed by atoms with Crippen LogP contribution in [0.15, 0.2) is 71.7 Å². The Balaban J connectivity index is 1.80. The minimum Gasteiger partial charge on any atom is -0.448 e. The molecule has 0 atom stereocenters. The highest BCUT2D eigenvalue weighted by Crippen LogP contribution is 2.26. The summed E-state index contributed by atoms with van der Waals surface area (Å²) in [5.74, 6) is -0.764. The lowest BCUT2D eigenvalue weighted by Crippen LogP contribution is -2.19. The minimum atomic E-state index is -0.803. The molecule has 4 N–H and O–H groups in total. The average Bonchev–Trinajstić information content (AvgIpc) is 2.85. The van der Waals surface area contributed by atoms with Gasteiger partial charge in [0, 0.05) is 16.7 Å². The van der Waals surface area contributed by atoms with Crippen molar-refractivity contribution in [3.8, 4) is 0 Å². The summed E-state index contributed by atoms with van der Waals surface area (Å²) in [6.07, 6.45) is -0.803. The lowest BCUT2D eigenvalue weighted by molar-refractivity contribution is 0.101. The fourth-order valence-electron chi connectivity index (χ4n) is 3.52. The predicted molar refractivity (Wildman–Crippen MR) is 146 cm³/mol. The van der Waals surface area contributed by atoms with E-state index in [4.69, 9.17) is 10.5 Å². The van der Waals surface area contributed by atoms with Gasteiger partial charge in [0.2, 0.25) is 0 Å². The highest BCUT2D eigenvalue weighted by atomic mass is 16.5. The van der Waals surface area contributed by atoms with Crippen molar-refractivity contribution in [1.82, 2.24) is 0 Å². The van der Waals surface area contributed by atoms with E-state index in [1.54, 1.807) is 49.4 Å². The van der Waals surface area contributed by atoms with Crippen LogP contribution in [0.4, 0.5) is 16.2 Å². The summed E-state index contributed by atoms with van der Waals surface area (Å²) in [4.78, 5) is 41.3. The molecule has 0 unspecified atom stereocenters. The molecule has 0 aliphatic heterocycles. The number of carbonyl (C=O) groups excluding carboxylic acids is 3. The van der Waals surface area contributed by atoms with Crippen LogP contribution in [-0.4, -0.2) is 30.4 Å². The van der Waals surface area contributed by atoms with Gasteiger partial charge in [-0.1, -0.05) is 51.1 Å². The maximum atomic E-state index is 13.0. The van der Waals surface area contributed by atoms with E-state index >= 15 is 0 Å². The maximum Gasteiger partial charge on any atom is 0.435 e. The summed E-state index contributed by atoms with van der Waals surface area (Å²) < 4.78 is 4.78. The van der Waals surface area contributed by atoms with E-state index in [9.17, 15) is 14.4 Å². The molecule has 0 radical (unpaired) electrons. The van der Waals surface area contributed by atoms with Gasteiger partial charge in [0.05, 0.1) is 18.0 Å². The van der Waals surface area contributed by atoms with Crippen molar-refractivity contribution in [2.75, 3.05) is 17.2 Å². The number of amides is 3. The van der Waals surface area contributed by atoms with Gasteiger partial charge in [-0.3, -0.25) is 9.59 Å². The molecular weight excluding hydrogens is 468 g/mol. The first-order valence-electron chi connectivity index (χ1n) is 11.9. The smallest absolute Gasteiger partial charge is 0.435 e. The Kier molecular flexibility index (Phi) is 8.45. The molecular formula is C29H32N4O4. The second-order valence-corrected chi connectivity index (χ2v) is 9.56. The molecule has 0 saturated heterocycles. The van der Waals surface area contributed by atoms with Gasteiger partial charge in [0.1, 0.15) is 5.84 Å². The number of anilines is 2. The summed E-state index contributed by atoms with van der Waals surface area (Å²) >= 11 is 0. The minimum absolute atomic E-state index is 0.0182. The average molecular weight is 501 g/mol. The Morgan fingerprint density at radius 3 is 2.11 bits per heavy atom. The Labute approximate surface area is 216 Å². The largest absolute Gasteiger partial charge is 0.448 e. The van der Waals surface area contributed by atoms with E-state index in [0.29, 0.717) is 28.1 Å². The second kappa shape index (κ2) is 11.5. The van der Waals surface area contributed by atoms with E-state index in [1.807, 2.05) is 25.1 Å². The number of ether oxygens (including phenoxy) is 1. The number of nitrogens with two attached hydrogens (primary N) is 1. The molecule has 3 amide bonds. The van der Waals surface area contributed by atoms with Crippen molar-refractivity contribution >= 4 is 35.1 Å². The van der Waals surface area contributed by atoms with Crippen molar-refractivity contribution in [3.63, 3.8) is 0 Å². The number of aryl methyl sites for hydroxylation is 1. The zero-order chi connectivity index (χ0) is 27.2. The molecule has 0 aliphatic rings. The molecule has 0 fully saturated rings. The molecule has 3 aromatic carbocycles. The third-order valence-corrected chi connectivity index (χ3v) is 5.58. The van der Waals surface area contributed by atoms with Crippen LogP contribution < -0.4 is 16.4 Å². The van der Waals surface area contributed by atoms with Crippen molar-refractivity contribution in [1.29, 1.82) is 0 Å². The lowest BCUT2D eigenvalue weighted by atomic mass is 9.87. The zero-order valence-corrected chi connectivity index (χ0v) is 21.7. The van der Waals surface area contributed by atoms with E-state index in [1.165, 1.54) is 6.07 Å². The van der Waals surface area contributed by atoms with Gasteiger partial charge >= 0.3 is 6.09 Å². The van der Waals surface area contributed by atoms with Crippen molar-refractivity contribution < 1.29 is 19.1 Å². The molecule has 8 heteroatoms. The van der Waals surface area contributed by atoms with Gasteiger partial charge in [-0.2, -0.15) is 4.99 Å². The van der Waals surface area contributed by atoms with Crippen molar-refractivity contribution in [2.24, 2.45) is 10.7 Å². The zero-order valence-electron chi connectivity index (χ0n) is 21.7. The second-order valence-electron chi connectivity index (χ2n) is 9.56. The Morgan fingerprint density at radius 1 is 0.838 bits per heavy atom. The number of aliphatic imine (C=N–C) groups is 1. The SMILES string of the molecule is CCOC(=O)N=C(N)c1cccc(C(=O)Nc2ccc(C)cc2NC(=O)c2ccc(C(C)(C)C)cc2)c1. The monoisotopic (exact) mass is 500 g/mol. The third kappa shape index (κ3) is 7.27. The summed E-state index contributed by atoms with van der Waals surface area (Å²) in [6, 6.07) is 19.2. The molecule has 3 rings (SSSR count). The van der Waals surface area contributed by atoms with Gasteiger partial charge < -0.3 is 21.1 Å². The van der Waals surface area contributed by atoms with Crippen LogP contribution in [0.1, 0.15) is 65.1 Å². The number of amidine groups is 1. The van der Waals surface area contributed by atoms with Crippen LogP contribution in [0.5, 0.6) is 0 Å². The van der Waals surface area contributed by atoms with Crippen LogP contribution in [0.2, 0.25) is 0 Å². The first-order chi connectivity index (χ1) is 17.5. The van der Waals surface area contributed by atoms with Gasteiger partial charge in [-0.05, 0) is 66.8 Å². The quantitative estimate of drug-likeness (QED) is 0.298. The molecule has 192 valence electrons. The first kappa shape index (κ1) is 27.1. The van der Waals surface area contributed by atoms with Gasteiger partial charge in [-0.15, -0.1) is 0 Å². The summed E-state index contributed by atoms with van der Waals surface area (Å²) in [7, 11) is 0. The molecule has 3 aromatic rings. The third-order valence-electron chi connectivity index (χ3n) is 5.58. The number of rotatable bonds is 6. The van der Waals surface area contributed by atoms with Gasteiger partial charge in [-0.25, -0.2) is 4.79 Å². The summed E-state index contributed by atoms with van der Waals surface area (Å²) in [5, 5.41) is 5.74. The number of hydrogen-bond donors (Lipinski definition) is 3. The molecule has 0 aliphatic carbocycles. The molecule has 0 saturated carbocycles. The Bertz CT molecular complexity index is 1340. The molecule has 37 heavy (non-hydrogen) atoms. The molecule has 8 nitrogen and oxygen atoms in total. The lowest BCUT2D eigenvalue weighted by Gasteiger charge is -2.19. The highest BCUT2D eigenvalue weighted by molar-refractivity contribution is 6.11. The van der Waals surface area contributed by atoms with Crippen LogP contribution in [0, 0.1) is 6.92 Å². The topological polar surface area (TPSA) is 123 Å². The van der Waals surface area contributed by atoms with Gasteiger partial charge in [0.15, 0.2) is 0 Å². The van der Waals surface area contributed by atoms with Crippen LogP contribution in [0.25, 0.3) is 0 Å². The predicted octanol–water partition coefficient (Wildman–Crippen LogP) is 5.66. The summed E-state index contributed by atoms with van der Waals surface area (Å²) in [6.45, 7) is 10.1. The highest BCUT2D eigenvalue weighted by Gasteiger charge is 2.16. The first-order valence-corrected chi connectivity index (χ1v) is 11.9. The van der Waals surface area contributed by atoms with Gasteiger partial charge in [0.25, 0.3) is 11.8 Å². The molecule has 0 spiro atoms. The van der Waals surface area contributed by atoms with Crippen molar-refractivity contribution in [2.45, 2.75) is 40.0 Å². The number of nitrogens with one attached hydrogen (secondary N) is 2. The number of benzene rings is 3. The maximum absolute atomic E-state index is 13.0.